The number of carboxylic acid groups (broad SMARTS) is 2. The Morgan fingerprint density at radius 1 is 0.337 bits per heavy atom. The van der Waals surface area contributed by atoms with Crippen molar-refractivity contribution in [2.75, 3.05) is 19.8 Å². The SMILES string of the molecule is CCc1cc(C(C)(C)C)c(C(O)(c2c(C(C)(C)C)cc(CC)c(CCCCCCCCCCCCCCCCCCC(=O)O)c2C(C)(C)C)C(CO)(CO)CO)c(C(C)(C)C)c1CCCCCCCCCCCCCCCCCCC(=O)O. The standard InChI is InChI=1S/C75H132O8/c1-15-58-53-62(70(3,4)5)68(66(72(9,10)11)60(58)49-45-41-37-33-29-25-21-17-19-23-27-31-35-39-43-47-51-64(79)80)75(83,74(55-76,56-77)57-78)69-63(71(6,7)8)54-59(16-2)61(67(69)73(12,13)14)50-46-42-38-34-30-26-22-18-20-24-28-32-36-40-44-48-52-65(81)82/h53-54,76-78,83H,15-52,55-57H2,1-14H3,(H,79,80)(H,81,82). The molecule has 2 aromatic carbocycles. The first-order valence-corrected chi connectivity index (χ1v) is 34.5. The van der Waals surface area contributed by atoms with Gasteiger partial charge >= 0.3 is 11.9 Å². The van der Waals surface area contributed by atoms with Crippen molar-refractivity contribution in [1.82, 2.24) is 0 Å². The molecule has 0 unspecified atom stereocenters. The summed E-state index contributed by atoms with van der Waals surface area (Å²) in [5.74, 6) is -1.37. The minimum absolute atomic E-state index is 0.298. The Kier molecular flexibility index (Phi) is 35.4. The number of aliphatic hydroxyl groups excluding tert-OH is 3. The van der Waals surface area contributed by atoms with Gasteiger partial charge in [-0.25, -0.2) is 0 Å². The lowest BCUT2D eigenvalue weighted by atomic mass is 9.55. The van der Waals surface area contributed by atoms with Crippen LogP contribution in [0.25, 0.3) is 0 Å². The van der Waals surface area contributed by atoms with Crippen LogP contribution in [0.5, 0.6) is 0 Å². The zero-order valence-electron chi connectivity index (χ0n) is 56.6. The molecule has 0 atom stereocenters. The van der Waals surface area contributed by atoms with Gasteiger partial charge in [0.25, 0.3) is 0 Å². The fourth-order valence-corrected chi connectivity index (χ4v) is 13.6. The molecule has 8 nitrogen and oxygen atoms in total. The van der Waals surface area contributed by atoms with Gasteiger partial charge in [-0.05, 0) is 129 Å². The number of unbranched alkanes of at least 4 members (excludes halogenated alkanes) is 30. The quantitative estimate of drug-likeness (QED) is 0.0358. The van der Waals surface area contributed by atoms with E-state index in [9.17, 15) is 24.9 Å². The fraction of sp³-hybridized carbons (Fsp3) is 0.813. The molecule has 83 heavy (non-hydrogen) atoms. The molecule has 2 aromatic rings. The molecular weight excluding hydrogens is 1030 g/mol. The van der Waals surface area contributed by atoms with Gasteiger partial charge < -0.3 is 30.6 Å². The van der Waals surface area contributed by atoms with Crippen LogP contribution in [-0.4, -0.2) is 62.4 Å². The van der Waals surface area contributed by atoms with Crippen molar-refractivity contribution in [1.29, 1.82) is 0 Å². The van der Waals surface area contributed by atoms with Crippen molar-refractivity contribution in [3.05, 3.63) is 67.8 Å². The van der Waals surface area contributed by atoms with Crippen molar-refractivity contribution in [3.8, 4) is 0 Å². The Morgan fingerprint density at radius 2 is 0.554 bits per heavy atom. The molecule has 0 heterocycles. The fourth-order valence-electron chi connectivity index (χ4n) is 13.6. The molecule has 0 aromatic heterocycles. The van der Waals surface area contributed by atoms with Crippen LogP contribution in [-0.2, 0) is 62.5 Å². The number of aliphatic carboxylic acids is 2. The van der Waals surface area contributed by atoms with Gasteiger partial charge in [0.2, 0.25) is 0 Å². The van der Waals surface area contributed by atoms with E-state index in [0.29, 0.717) is 12.8 Å². The van der Waals surface area contributed by atoms with Crippen molar-refractivity contribution in [3.63, 3.8) is 0 Å². The van der Waals surface area contributed by atoms with E-state index in [1.54, 1.807) is 0 Å². The summed E-state index contributed by atoms with van der Waals surface area (Å²) >= 11 is 0. The molecule has 0 saturated heterocycles. The van der Waals surface area contributed by atoms with Gasteiger partial charge in [0.15, 0.2) is 0 Å². The van der Waals surface area contributed by atoms with Crippen molar-refractivity contribution < 1.29 is 40.2 Å². The zero-order chi connectivity index (χ0) is 62.3. The molecule has 0 aliphatic heterocycles. The van der Waals surface area contributed by atoms with Crippen molar-refractivity contribution in [2.24, 2.45) is 5.41 Å². The zero-order valence-corrected chi connectivity index (χ0v) is 56.6. The van der Waals surface area contributed by atoms with Crippen LogP contribution in [0.1, 0.15) is 371 Å². The van der Waals surface area contributed by atoms with E-state index in [0.717, 1.165) is 123 Å². The van der Waals surface area contributed by atoms with Crippen LogP contribution in [0.2, 0.25) is 0 Å². The van der Waals surface area contributed by atoms with Crippen molar-refractivity contribution >= 4 is 11.9 Å². The van der Waals surface area contributed by atoms with E-state index < -0.39 is 64.4 Å². The third-order valence-corrected chi connectivity index (χ3v) is 18.5. The molecule has 2 rings (SSSR count). The second-order valence-electron chi connectivity index (χ2n) is 29.9. The normalized spacial score (nSPS) is 12.9. The number of carbonyl (C=O) groups is 2. The molecule has 0 aliphatic carbocycles. The Balaban J connectivity index is 2.53. The summed E-state index contributed by atoms with van der Waals surface area (Å²) < 4.78 is 0. The Hall–Kier alpha value is -2.78. The van der Waals surface area contributed by atoms with Crippen LogP contribution in [0.15, 0.2) is 12.1 Å². The number of benzene rings is 2. The summed E-state index contributed by atoms with van der Waals surface area (Å²) in [4.78, 5) is 21.5. The summed E-state index contributed by atoms with van der Waals surface area (Å²) in [6, 6.07) is 4.72. The van der Waals surface area contributed by atoms with E-state index in [-0.39, 0.29) is 0 Å². The van der Waals surface area contributed by atoms with Crippen molar-refractivity contribution in [2.45, 2.75) is 368 Å². The highest BCUT2D eigenvalue weighted by Gasteiger charge is 2.58. The van der Waals surface area contributed by atoms with Crippen LogP contribution in [0, 0.1) is 5.41 Å². The lowest BCUT2D eigenvalue weighted by molar-refractivity contribution is -0.138. The summed E-state index contributed by atoms with van der Waals surface area (Å²) in [6.45, 7) is 29.7. The monoisotopic (exact) mass is 1160 g/mol. The van der Waals surface area contributed by atoms with Gasteiger partial charge in [-0.1, -0.05) is 289 Å². The molecule has 0 spiro atoms. The van der Waals surface area contributed by atoms with Gasteiger partial charge in [-0.2, -0.15) is 0 Å². The van der Waals surface area contributed by atoms with Gasteiger partial charge in [-0.15, -0.1) is 0 Å². The Labute approximate surface area is 511 Å². The average molecular weight is 1160 g/mol. The van der Waals surface area contributed by atoms with E-state index >= 15 is 5.11 Å². The third-order valence-electron chi connectivity index (χ3n) is 18.5. The predicted molar refractivity (Wildman–Crippen MR) is 353 cm³/mol. The minimum Gasteiger partial charge on any atom is -0.481 e. The first kappa shape index (κ1) is 76.3. The number of hydrogen-bond acceptors (Lipinski definition) is 6. The maximum atomic E-state index is 15.2. The lowest BCUT2D eigenvalue weighted by Crippen LogP contribution is -2.57. The van der Waals surface area contributed by atoms with E-state index in [1.807, 2.05) is 0 Å². The van der Waals surface area contributed by atoms with Gasteiger partial charge in [0.05, 0.1) is 25.2 Å². The van der Waals surface area contributed by atoms with Gasteiger partial charge in [-0.3, -0.25) is 9.59 Å². The molecule has 0 fully saturated rings. The maximum Gasteiger partial charge on any atom is 0.303 e. The summed E-state index contributed by atoms with van der Waals surface area (Å²) in [5.41, 5.74) is 5.30. The molecular formula is C75H132O8. The van der Waals surface area contributed by atoms with Crippen LogP contribution < -0.4 is 0 Å². The molecule has 0 radical (unpaired) electrons. The maximum absolute atomic E-state index is 15.2. The van der Waals surface area contributed by atoms with E-state index in [2.05, 4.69) is 109 Å². The van der Waals surface area contributed by atoms with Gasteiger partial charge in [0.1, 0.15) is 5.60 Å². The average Bonchev–Trinajstić information content (AvgIpc) is 3.34. The molecule has 0 saturated carbocycles. The first-order chi connectivity index (χ1) is 39.1. The molecule has 0 aliphatic rings. The predicted octanol–water partition coefficient (Wildman–Crippen LogP) is 19.7. The second-order valence-corrected chi connectivity index (χ2v) is 29.9. The number of hydrogen-bond donors (Lipinski definition) is 6. The second kappa shape index (κ2) is 38.5. The molecule has 0 bridgehead atoms. The molecule has 8 heteroatoms. The number of carboxylic acids is 2. The Bertz CT molecular complexity index is 1970. The summed E-state index contributed by atoms with van der Waals surface area (Å²) in [7, 11) is 0. The number of aryl methyl sites for hydroxylation is 2. The number of aliphatic hydroxyl groups is 4. The highest BCUT2D eigenvalue weighted by Crippen LogP contribution is 2.57. The first-order valence-electron chi connectivity index (χ1n) is 34.5. The minimum atomic E-state index is -2.02. The van der Waals surface area contributed by atoms with Crippen LogP contribution in [0.4, 0.5) is 0 Å². The highest BCUT2D eigenvalue weighted by molar-refractivity contribution is 5.67. The molecule has 480 valence electrons. The Morgan fingerprint density at radius 3 is 0.735 bits per heavy atom. The van der Waals surface area contributed by atoms with E-state index in [4.69, 9.17) is 10.2 Å². The lowest BCUT2D eigenvalue weighted by Gasteiger charge is -2.52. The van der Waals surface area contributed by atoms with E-state index in [1.165, 1.54) is 164 Å². The summed E-state index contributed by atoms with van der Waals surface area (Å²) in [5, 5.41) is 68.9. The largest absolute Gasteiger partial charge is 0.481 e. The third kappa shape index (κ3) is 25.1. The highest BCUT2D eigenvalue weighted by atomic mass is 16.4. The number of rotatable bonds is 46. The van der Waals surface area contributed by atoms with Gasteiger partial charge in [0, 0.05) is 12.8 Å². The smallest absolute Gasteiger partial charge is 0.303 e. The van der Waals surface area contributed by atoms with Crippen LogP contribution >= 0.6 is 0 Å². The molecule has 0 amide bonds. The summed E-state index contributed by atoms with van der Waals surface area (Å²) in [6.07, 6.45) is 42.3. The topological polar surface area (TPSA) is 156 Å². The molecule has 6 N–H and O–H groups in total. The van der Waals surface area contributed by atoms with Crippen LogP contribution in [0.3, 0.4) is 0 Å².